The Labute approximate surface area is 174 Å². The maximum atomic E-state index is 9.00. The second-order valence-corrected chi connectivity index (χ2v) is 7.30. The van der Waals surface area contributed by atoms with Crippen LogP contribution in [-0.4, -0.2) is 0 Å². The topological polar surface area (TPSA) is 21.4 Å². The number of hydrogen-bond acceptors (Lipinski definition) is 1. The summed E-state index contributed by atoms with van der Waals surface area (Å²) in [6, 6.07) is 6.73. The minimum atomic E-state index is -2.40. The van der Waals surface area contributed by atoms with Crippen LogP contribution in [0.5, 0.6) is 0 Å². The minimum absolute atomic E-state index is 0.0515. The molecule has 2 heterocycles. The van der Waals surface area contributed by atoms with E-state index < -0.39 is 12.7 Å². The van der Waals surface area contributed by atoms with Crippen LogP contribution in [0.1, 0.15) is 50.4 Å². The molecule has 4 rings (SSSR count). The number of rotatable bonds is 2. The number of pyridine rings is 1. The molecule has 0 amide bonds. The second kappa shape index (κ2) is 6.49. The average Bonchev–Trinajstić information content (AvgIpc) is 3.10. The quantitative estimate of drug-likeness (QED) is 0.283. The van der Waals surface area contributed by atoms with E-state index in [9.17, 15) is 0 Å². The fourth-order valence-electron chi connectivity index (χ4n) is 3.56. The third-order valence-corrected chi connectivity index (χ3v) is 5.22. The van der Waals surface area contributed by atoms with Gasteiger partial charge in [-0.1, -0.05) is 38.1 Å². The summed E-state index contributed by atoms with van der Waals surface area (Å²) in [7, 11) is 1.76. The molecule has 3 nitrogen and oxygen atoms in total. The molecule has 3 heteroatoms. The summed E-state index contributed by atoms with van der Waals surface area (Å²) in [4.78, 5) is 3.53. The summed E-state index contributed by atoms with van der Waals surface area (Å²) in [6.07, 6.45) is 0. The third-order valence-electron chi connectivity index (χ3n) is 5.22. The van der Waals surface area contributed by atoms with Crippen LogP contribution in [0.2, 0.25) is 0 Å². The van der Waals surface area contributed by atoms with E-state index in [1.165, 1.54) is 12.1 Å². The Hall–Kier alpha value is -3.12. The van der Waals surface area contributed by atoms with Gasteiger partial charge in [-0.15, -0.1) is 0 Å². The lowest BCUT2D eigenvalue weighted by molar-refractivity contribution is -0.666. The summed E-state index contributed by atoms with van der Waals surface area (Å²) in [5.74, 6) is -1.18. The van der Waals surface area contributed by atoms with E-state index in [-0.39, 0.29) is 28.9 Å². The van der Waals surface area contributed by atoms with Crippen molar-refractivity contribution in [1.29, 1.82) is 0 Å². The Bertz CT molecular complexity index is 1530. The van der Waals surface area contributed by atoms with Gasteiger partial charge in [0.15, 0.2) is 5.69 Å². The maximum Gasteiger partial charge on any atom is 0.229 e. The molecule has 0 saturated heterocycles. The molecule has 140 valence electrons. The van der Waals surface area contributed by atoms with Crippen molar-refractivity contribution in [3.05, 3.63) is 70.2 Å². The molecule has 4 aromatic rings. The Balaban J connectivity index is 2.26. The van der Waals surface area contributed by atoms with Crippen molar-refractivity contribution in [3.63, 3.8) is 0 Å². The van der Waals surface area contributed by atoms with Crippen molar-refractivity contribution in [2.45, 2.75) is 40.4 Å². The first kappa shape index (κ1) is 12.4. The monoisotopic (exact) mass is 375 g/mol. The summed E-state index contributed by atoms with van der Waals surface area (Å²) < 4.78 is 58.1. The van der Waals surface area contributed by atoms with Crippen LogP contribution >= 0.6 is 0 Å². The van der Waals surface area contributed by atoms with Gasteiger partial charge in [0.2, 0.25) is 11.4 Å². The summed E-state index contributed by atoms with van der Waals surface area (Å²) in [5, 5.41) is 0.916. The van der Waals surface area contributed by atoms with Gasteiger partial charge in [0, 0.05) is 35.3 Å². The van der Waals surface area contributed by atoms with Crippen LogP contribution in [0, 0.1) is 27.3 Å². The first-order valence-electron chi connectivity index (χ1n) is 12.1. The molecule has 0 radical (unpaired) electrons. The molecular weight excluding hydrogens is 344 g/mol. The predicted molar refractivity (Wildman–Crippen MR) is 115 cm³/mol. The van der Waals surface area contributed by atoms with Crippen LogP contribution in [0.4, 0.5) is 5.69 Å². The SMILES string of the molecule is [2H]c1c(C([2H])(C)C)c([2H])c(-c2c(C)ccc3c2oc2c([N+]#[C-])ccc(C([2H])([2H])[2H])c23)[n+](C)c1C. The van der Waals surface area contributed by atoms with Crippen molar-refractivity contribution < 1.29 is 17.2 Å². The van der Waals surface area contributed by atoms with Crippen LogP contribution in [0.25, 0.3) is 38.0 Å². The number of benzene rings is 2. The van der Waals surface area contributed by atoms with Gasteiger partial charge in [0.25, 0.3) is 0 Å². The Kier molecular flexibility index (Phi) is 2.87. The molecule has 0 bridgehead atoms. The standard InChI is InChI=1S/C25H25N2O/c1-14(2)18-12-17(5)27(7)21(13-18)23-16(4)8-10-19-22-15(3)9-11-20(26-6)25(22)28-24(19)23/h8-14H,1-5,7H3/q+1/i3D3,12D,13D,14D. The largest absolute Gasteiger partial charge is 0.466 e. The second-order valence-electron chi connectivity index (χ2n) is 7.30. The zero-order valence-electron chi connectivity index (χ0n) is 22.6. The van der Waals surface area contributed by atoms with Gasteiger partial charge < -0.3 is 4.42 Å². The number of aryl methyl sites for hydroxylation is 2. The molecule has 0 aliphatic heterocycles. The first-order valence-corrected chi connectivity index (χ1v) is 9.07. The van der Waals surface area contributed by atoms with E-state index in [1.54, 1.807) is 38.5 Å². The highest BCUT2D eigenvalue weighted by atomic mass is 16.3. The van der Waals surface area contributed by atoms with Crippen LogP contribution in [-0.2, 0) is 7.05 Å². The van der Waals surface area contributed by atoms with E-state index in [4.69, 9.17) is 19.2 Å². The average molecular weight is 376 g/mol. The molecule has 0 atom stereocenters. The van der Waals surface area contributed by atoms with Crippen LogP contribution in [0.15, 0.2) is 40.8 Å². The van der Waals surface area contributed by atoms with Crippen LogP contribution < -0.4 is 4.57 Å². The molecule has 0 unspecified atom stereocenters. The molecule has 0 saturated carbocycles. The van der Waals surface area contributed by atoms with Crippen LogP contribution in [0.3, 0.4) is 0 Å². The molecule has 0 fully saturated rings. The normalized spacial score (nSPS) is 15.4. The molecular formula is C25H25N2O+. The highest BCUT2D eigenvalue weighted by Crippen LogP contribution is 2.41. The van der Waals surface area contributed by atoms with Crippen molar-refractivity contribution in [2.24, 2.45) is 7.05 Å². The van der Waals surface area contributed by atoms with Crippen molar-refractivity contribution in [2.75, 3.05) is 0 Å². The van der Waals surface area contributed by atoms with E-state index in [0.717, 1.165) is 5.56 Å². The maximum absolute atomic E-state index is 9.00. The van der Waals surface area contributed by atoms with Crippen molar-refractivity contribution >= 4 is 27.6 Å². The zero-order chi connectivity index (χ0) is 25.3. The molecule has 0 aliphatic carbocycles. The lowest BCUT2D eigenvalue weighted by atomic mass is 9.95. The van der Waals surface area contributed by atoms with Gasteiger partial charge in [-0.2, -0.15) is 4.57 Å². The Morgan fingerprint density at radius 3 is 2.57 bits per heavy atom. The van der Waals surface area contributed by atoms with E-state index in [1.807, 2.05) is 13.0 Å². The minimum Gasteiger partial charge on any atom is -0.466 e. The Morgan fingerprint density at radius 2 is 1.89 bits per heavy atom. The van der Waals surface area contributed by atoms with E-state index in [0.29, 0.717) is 38.9 Å². The molecule has 0 N–H and O–H groups in total. The van der Waals surface area contributed by atoms with E-state index >= 15 is 0 Å². The highest BCUT2D eigenvalue weighted by Gasteiger charge is 2.24. The molecule has 0 aliphatic rings. The molecule has 2 aromatic carbocycles. The lowest BCUT2D eigenvalue weighted by Gasteiger charge is -2.11. The summed E-state index contributed by atoms with van der Waals surface area (Å²) >= 11 is 0. The zero-order valence-corrected chi connectivity index (χ0v) is 16.6. The van der Waals surface area contributed by atoms with Gasteiger partial charge >= 0.3 is 0 Å². The van der Waals surface area contributed by atoms with Gasteiger partial charge in [-0.3, -0.25) is 0 Å². The lowest BCUT2D eigenvalue weighted by Crippen LogP contribution is -2.35. The van der Waals surface area contributed by atoms with Gasteiger partial charge in [0.05, 0.1) is 14.9 Å². The number of fused-ring (bicyclic) bond motifs is 3. The van der Waals surface area contributed by atoms with Crippen molar-refractivity contribution in [1.82, 2.24) is 0 Å². The summed E-state index contributed by atoms with van der Waals surface area (Å²) in [6.45, 7) is 12.1. The number of hydrogen-bond donors (Lipinski definition) is 0. The third kappa shape index (κ3) is 2.60. The fraction of sp³-hybridized carbons (Fsp3) is 0.280. The van der Waals surface area contributed by atoms with Gasteiger partial charge in [-0.25, -0.2) is 4.85 Å². The van der Waals surface area contributed by atoms with Crippen molar-refractivity contribution in [3.8, 4) is 11.3 Å². The van der Waals surface area contributed by atoms with Gasteiger partial charge in [0.1, 0.15) is 18.2 Å². The number of nitrogens with zero attached hydrogens (tertiary/aromatic N) is 2. The summed E-state index contributed by atoms with van der Waals surface area (Å²) in [5.41, 5.74) is 3.65. The first-order chi connectivity index (χ1) is 15.7. The number of aromatic nitrogens is 1. The molecule has 28 heavy (non-hydrogen) atoms. The molecule has 0 spiro atoms. The number of furan rings is 1. The smallest absolute Gasteiger partial charge is 0.229 e. The highest BCUT2D eigenvalue weighted by molar-refractivity contribution is 6.14. The molecule has 2 aromatic heterocycles. The Morgan fingerprint density at radius 1 is 1.14 bits per heavy atom. The predicted octanol–water partition coefficient (Wildman–Crippen LogP) is 6.68. The fourth-order valence-corrected chi connectivity index (χ4v) is 3.56. The van der Waals surface area contributed by atoms with E-state index in [2.05, 4.69) is 4.85 Å². The van der Waals surface area contributed by atoms with Gasteiger partial charge in [-0.05, 0) is 36.4 Å².